The SMILES string of the molecule is Nn1c(SCc2cc(Cl)c3c(c2)OCCO3)nnc1C1CC1. The molecular weight excluding hydrogens is 324 g/mol. The van der Waals surface area contributed by atoms with Crippen LogP contribution in [0.25, 0.3) is 0 Å². The Kier molecular flexibility index (Phi) is 3.54. The van der Waals surface area contributed by atoms with Gasteiger partial charge in [-0.3, -0.25) is 0 Å². The third-order valence-electron chi connectivity index (χ3n) is 3.66. The molecule has 0 bridgehead atoms. The van der Waals surface area contributed by atoms with Gasteiger partial charge >= 0.3 is 0 Å². The van der Waals surface area contributed by atoms with E-state index in [2.05, 4.69) is 10.2 Å². The molecule has 1 aliphatic heterocycles. The second kappa shape index (κ2) is 5.55. The molecule has 0 unspecified atom stereocenters. The zero-order chi connectivity index (χ0) is 15.1. The van der Waals surface area contributed by atoms with E-state index in [1.165, 1.54) is 11.8 Å². The highest BCUT2D eigenvalue weighted by atomic mass is 35.5. The number of thioether (sulfide) groups is 1. The summed E-state index contributed by atoms with van der Waals surface area (Å²) in [7, 11) is 0. The highest BCUT2D eigenvalue weighted by Crippen LogP contribution is 2.41. The van der Waals surface area contributed by atoms with Gasteiger partial charge in [0, 0.05) is 11.7 Å². The van der Waals surface area contributed by atoms with Crippen LogP contribution in [0.5, 0.6) is 11.5 Å². The van der Waals surface area contributed by atoms with Gasteiger partial charge in [-0.25, -0.2) is 4.68 Å². The van der Waals surface area contributed by atoms with Crippen LogP contribution in [0.1, 0.15) is 30.1 Å². The van der Waals surface area contributed by atoms with Crippen LogP contribution in [0, 0.1) is 0 Å². The number of fused-ring (bicyclic) bond motifs is 1. The molecular formula is C14H15ClN4O2S. The van der Waals surface area contributed by atoms with Crippen molar-refractivity contribution in [2.75, 3.05) is 19.1 Å². The Morgan fingerprint density at radius 2 is 2.09 bits per heavy atom. The molecule has 2 aromatic rings. The van der Waals surface area contributed by atoms with Gasteiger partial charge in [-0.2, -0.15) is 0 Å². The van der Waals surface area contributed by atoms with E-state index in [9.17, 15) is 0 Å². The van der Waals surface area contributed by atoms with Crippen molar-refractivity contribution in [3.05, 3.63) is 28.5 Å². The standard InChI is InChI=1S/C14H15ClN4O2S/c15-10-5-8(6-11-12(10)21-4-3-20-11)7-22-14-18-17-13(19(14)16)9-1-2-9/h5-6,9H,1-4,7,16H2. The molecule has 0 saturated heterocycles. The fraction of sp³-hybridized carbons (Fsp3) is 0.429. The first-order valence-electron chi connectivity index (χ1n) is 7.13. The first-order valence-corrected chi connectivity index (χ1v) is 8.50. The van der Waals surface area contributed by atoms with E-state index in [0.29, 0.717) is 46.6 Å². The molecule has 1 aliphatic carbocycles. The largest absolute Gasteiger partial charge is 0.486 e. The van der Waals surface area contributed by atoms with Crippen molar-refractivity contribution >= 4 is 23.4 Å². The van der Waals surface area contributed by atoms with E-state index < -0.39 is 0 Å². The Labute approximate surface area is 136 Å². The first kappa shape index (κ1) is 14.0. The minimum Gasteiger partial charge on any atom is -0.486 e. The highest BCUT2D eigenvalue weighted by molar-refractivity contribution is 7.98. The van der Waals surface area contributed by atoms with Crippen LogP contribution < -0.4 is 15.3 Å². The lowest BCUT2D eigenvalue weighted by molar-refractivity contribution is 0.171. The number of hydrogen-bond donors (Lipinski definition) is 1. The molecule has 4 rings (SSSR count). The van der Waals surface area contributed by atoms with Crippen molar-refractivity contribution in [1.29, 1.82) is 0 Å². The Morgan fingerprint density at radius 1 is 1.27 bits per heavy atom. The van der Waals surface area contributed by atoms with Crippen molar-refractivity contribution in [3.8, 4) is 11.5 Å². The summed E-state index contributed by atoms with van der Waals surface area (Å²) in [4.78, 5) is 0. The van der Waals surface area contributed by atoms with Gasteiger partial charge in [0.2, 0.25) is 5.16 Å². The Bertz CT molecular complexity index is 717. The summed E-state index contributed by atoms with van der Waals surface area (Å²) in [5, 5.41) is 9.62. The van der Waals surface area contributed by atoms with Crippen molar-refractivity contribution in [3.63, 3.8) is 0 Å². The minimum atomic E-state index is 0.482. The molecule has 1 saturated carbocycles. The van der Waals surface area contributed by atoms with Gasteiger partial charge < -0.3 is 15.3 Å². The predicted molar refractivity (Wildman–Crippen MR) is 84.2 cm³/mol. The average Bonchev–Trinajstić information content (AvgIpc) is 3.29. The molecule has 1 aromatic carbocycles. The van der Waals surface area contributed by atoms with Crippen LogP contribution in [0.2, 0.25) is 5.02 Å². The molecule has 2 heterocycles. The van der Waals surface area contributed by atoms with Gasteiger partial charge in [0.05, 0.1) is 5.02 Å². The quantitative estimate of drug-likeness (QED) is 0.682. The highest BCUT2D eigenvalue weighted by Gasteiger charge is 2.30. The van der Waals surface area contributed by atoms with E-state index in [1.54, 1.807) is 4.68 Å². The van der Waals surface area contributed by atoms with Gasteiger partial charge in [0.1, 0.15) is 13.2 Å². The van der Waals surface area contributed by atoms with E-state index in [-0.39, 0.29) is 0 Å². The zero-order valence-electron chi connectivity index (χ0n) is 11.8. The third-order valence-corrected chi connectivity index (χ3v) is 4.95. The summed E-state index contributed by atoms with van der Waals surface area (Å²) >= 11 is 7.78. The molecule has 0 spiro atoms. The number of ether oxygens (including phenoxy) is 2. The molecule has 1 aromatic heterocycles. The first-order chi connectivity index (χ1) is 10.7. The van der Waals surface area contributed by atoms with Crippen LogP contribution in [0.4, 0.5) is 0 Å². The van der Waals surface area contributed by atoms with E-state index in [1.807, 2.05) is 12.1 Å². The van der Waals surface area contributed by atoms with Crippen LogP contribution in [0.3, 0.4) is 0 Å². The van der Waals surface area contributed by atoms with Crippen LogP contribution in [-0.2, 0) is 5.75 Å². The molecule has 6 nitrogen and oxygen atoms in total. The van der Waals surface area contributed by atoms with Crippen LogP contribution in [0.15, 0.2) is 17.3 Å². The lowest BCUT2D eigenvalue weighted by Gasteiger charge is -2.20. The molecule has 116 valence electrons. The lowest BCUT2D eigenvalue weighted by atomic mass is 10.2. The van der Waals surface area contributed by atoms with Gasteiger partial charge in [0.15, 0.2) is 17.3 Å². The average molecular weight is 339 g/mol. The summed E-state index contributed by atoms with van der Waals surface area (Å²) < 4.78 is 12.7. The third kappa shape index (κ3) is 2.59. The molecule has 1 fully saturated rings. The Hall–Kier alpha value is -1.60. The number of nitrogen functional groups attached to an aromatic ring is 1. The summed E-state index contributed by atoms with van der Waals surface area (Å²) in [6, 6.07) is 3.84. The molecule has 0 amide bonds. The number of aromatic nitrogens is 3. The van der Waals surface area contributed by atoms with Gasteiger partial charge in [-0.15, -0.1) is 10.2 Å². The summed E-state index contributed by atoms with van der Waals surface area (Å²) in [5.41, 5.74) is 1.04. The maximum absolute atomic E-state index is 6.24. The summed E-state index contributed by atoms with van der Waals surface area (Å²) in [6.45, 7) is 1.07. The molecule has 22 heavy (non-hydrogen) atoms. The van der Waals surface area contributed by atoms with Crippen molar-refractivity contribution in [1.82, 2.24) is 14.9 Å². The smallest absolute Gasteiger partial charge is 0.210 e. The topological polar surface area (TPSA) is 75.2 Å². The number of benzene rings is 1. The van der Waals surface area contributed by atoms with Crippen molar-refractivity contribution in [2.24, 2.45) is 0 Å². The normalized spacial score (nSPS) is 16.8. The molecule has 2 N–H and O–H groups in total. The summed E-state index contributed by atoms with van der Waals surface area (Å²) in [5.74, 6) is 9.42. The number of nitrogens with two attached hydrogens (primary N) is 1. The number of hydrogen-bond acceptors (Lipinski definition) is 6. The van der Waals surface area contributed by atoms with Crippen molar-refractivity contribution < 1.29 is 9.47 Å². The summed E-state index contributed by atoms with van der Waals surface area (Å²) in [6.07, 6.45) is 2.30. The van der Waals surface area contributed by atoms with Gasteiger partial charge in [0.25, 0.3) is 0 Å². The Balaban J connectivity index is 1.50. The van der Waals surface area contributed by atoms with E-state index in [4.69, 9.17) is 26.9 Å². The fourth-order valence-corrected chi connectivity index (χ4v) is 3.48. The minimum absolute atomic E-state index is 0.482. The number of rotatable bonds is 4. The Morgan fingerprint density at radius 3 is 2.91 bits per heavy atom. The number of halogens is 1. The maximum atomic E-state index is 6.24. The molecule has 0 atom stereocenters. The van der Waals surface area contributed by atoms with Crippen molar-refractivity contribution in [2.45, 2.75) is 29.7 Å². The van der Waals surface area contributed by atoms with E-state index >= 15 is 0 Å². The van der Waals surface area contributed by atoms with Gasteiger partial charge in [-0.05, 0) is 30.5 Å². The zero-order valence-corrected chi connectivity index (χ0v) is 13.4. The molecule has 0 radical (unpaired) electrons. The second-order valence-corrected chi connectivity index (χ2v) is 6.73. The number of nitrogens with zero attached hydrogens (tertiary/aromatic N) is 3. The van der Waals surface area contributed by atoms with Crippen LogP contribution >= 0.6 is 23.4 Å². The van der Waals surface area contributed by atoms with Gasteiger partial charge in [-0.1, -0.05) is 23.4 Å². The van der Waals surface area contributed by atoms with Crippen LogP contribution in [-0.4, -0.2) is 28.1 Å². The molecule has 2 aliphatic rings. The monoisotopic (exact) mass is 338 g/mol. The molecule has 8 heteroatoms. The maximum Gasteiger partial charge on any atom is 0.210 e. The van der Waals surface area contributed by atoms with E-state index in [0.717, 1.165) is 24.2 Å². The predicted octanol–water partition coefficient (Wildman–Crippen LogP) is 2.59. The lowest BCUT2D eigenvalue weighted by Crippen LogP contribution is -2.15. The fourth-order valence-electron chi connectivity index (χ4n) is 2.40. The second-order valence-electron chi connectivity index (χ2n) is 5.38.